The highest BCUT2D eigenvalue weighted by Crippen LogP contribution is 2.53. The molecule has 1 heterocycles. The highest BCUT2D eigenvalue weighted by molar-refractivity contribution is 5.30. The Morgan fingerprint density at radius 2 is 2.23 bits per heavy atom. The second-order valence-electron chi connectivity index (χ2n) is 4.11. The zero-order chi connectivity index (χ0) is 9.31. The Morgan fingerprint density at radius 1 is 1.54 bits per heavy atom. The third kappa shape index (κ3) is 1.46. The van der Waals surface area contributed by atoms with Crippen molar-refractivity contribution in [3.05, 3.63) is 30.1 Å². The Bertz CT molecular complexity index is 283. The third-order valence-electron chi connectivity index (χ3n) is 3.20. The average molecular weight is 176 g/mol. The molecule has 2 nitrogen and oxygen atoms in total. The first kappa shape index (κ1) is 8.70. The molecule has 1 aromatic rings. The molecule has 2 heteroatoms. The second-order valence-corrected chi connectivity index (χ2v) is 4.11. The van der Waals surface area contributed by atoms with Gasteiger partial charge < -0.3 is 5.32 Å². The molecular weight excluding hydrogens is 160 g/mol. The van der Waals surface area contributed by atoms with E-state index >= 15 is 0 Å². The lowest BCUT2D eigenvalue weighted by Gasteiger charge is -2.10. The van der Waals surface area contributed by atoms with E-state index in [2.05, 4.69) is 29.4 Å². The number of nitrogens with zero attached hydrogens (tertiary/aromatic N) is 1. The lowest BCUT2D eigenvalue weighted by molar-refractivity contribution is 0.616. The van der Waals surface area contributed by atoms with E-state index in [0.29, 0.717) is 5.41 Å². The topological polar surface area (TPSA) is 24.9 Å². The van der Waals surface area contributed by atoms with E-state index in [4.69, 9.17) is 0 Å². The van der Waals surface area contributed by atoms with Crippen LogP contribution in [0.25, 0.3) is 0 Å². The molecule has 0 amide bonds. The van der Waals surface area contributed by atoms with E-state index < -0.39 is 0 Å². The van der Waals surface area contributed by atoms with Gasteiger partial charge >= 0.3 is 0 Å². The Hall–Kier alpha value is -0.890. The molecule has 0 aromatic carbocycles. The van der Waals surface area contributed by atoms with Gasteiger partial charge in [0.25, 0.3) is 0 Å². The van der Waals surface area contributed by atoms with Gasteiger partial charge in [-0.2, -0.15) is 0 Å². The maximum atomic E-state index is 4.04. The van der Waals surface area contributed by atoms with Crippen molar-refractivity contribution in [3.8, 4) is 0 Å². The number of hydrogen-bond acceptors (Lipinski definition) is 2. The Kier molecular flexibility index (Phi) is 2.08. The van der Waals surface area contributed by atoms with Crippen LogP contribution in [0, 0.1) is 5.92 Å². The van der Waals surface area contributed by atoms with Gasteiger partial charge in [0.15, 0.2) is 0 Å². The molecule has 70 valence electrons. The van der Waals surface area contributed by atoms with Gasteiger partial charge in [-0.15, -0.1) is 0 Å². The summed E-state index contributed by atoms with van der Waals surface area (Å²) < 4.78 is 0. The van der Waals surface area contributed by atoms with Crippen molar-refractivity contribution in [3.63, 3.8) is 0 Å². The molecule has 0 aliphatic heterocycles. The molecule has 2 atom stereocenters. The fourth-order valence-corrected chi connectivity index (χ4v) is 2.08. The molecule has 1 aliphatic rings. The van der Waals surface area contributed by atoms with Gasteiger partial charge in [0, 0.05) is 12.4 Å². The summed E-state index contributed by atoms with van der Waals surface area (Å²) in [7, 11) is 2.02. The van der Waals surface area contributed by atoms with Crippen molar-refractivity contribution in [1.29, 1.82) is 0 Å². The van der Waals surface area contributed by atoms with E-state index in [-0.39, 0.29) is 0 Å². The standard InChI is InChI=1S/C11H16N2/c1-11(7-10(11)8-12-2)9-3-5-13-6-4-9/h3-6,10,12H,7-8H2,1-2H3. The molecule has 0 spiro atoms. The van der Waals surface area contributed by atoms with Crippen LogP contribution in [0.15, 0.2) is 24.5 Å². The van der Waals surface area contributed by atoms with Crippen LogP contribution in [-0.4, -0.2) is 18.6 Å². The summed E-state index contributed by atoms with van der Waals surface area (Å²) in [5, 5.41) is 3.24. The molecular formula is C11H16N2. The van der Waals surface area contributed by atoms with Crippen LogP contribution < -0.4 is 5.32 Å². The largest absolute Gasteiger partial charge is 0.319 e. The summed E-state index contributed by atoms with van der Waals surface area (Å²) in [6.07, 6.45) is 5.07. The maximum absolute atomic E-state index is 4.04. The molecule has 1 fully saturated rings. The highest BCUT2D eigenvalue weighted by Gasteiger charge is 2.50. The minimum Gasteiger partial charge on any atom is -0.319 e. The monoisotopic (exact) mass is 176 g/mol. The van der Waals surface area contributed by atoms with Gasteiger partial charge in [0.1, 0.15) is 0 Å². The van der Waals surface area contributed by atoms with E-state index in [1.165, 1.54) is 12.0 Å². The zero-order valence-corrected chi connectivity index (χ0v) is 8.25. The maximum Gasteiger partial charge on any atom is 0.0270 e. The SMILES string of the molecule is CNCC1CC1(C)c1ccncc1. The van der Waals surface area contributed by atoms with Crippen LogP contribution in [0.1, 0.15) is 18.9 Å². The molecule has 1 aliphatic carbocycles. The first-order valence-corrected chi connectivity index (χ1v) is 4.82. The van der Waals surface area contributed by atoms with Gasteiger partial charge in [-0.1, -0.05) is 6.92 Å². The van der Waals surface area contributed by atoms with Gasteiger partial charge in [-0.25, -0.2) is 0 Å². The van der Waals surface area contributed by atoms with Crippen LogP contribution in [0.4, 0.5) is 0 Å². The highest BCUT2D eigenvalue weighted by atomic mass is 14.8. The summed E-state index contributed by atoms with van der Waals surface area (Å²) in [6.45, 7) is 3.46. The number of aromatic nitrogens is 1. The molecule has 0 bridgehead atoms. The van der Waals surface area contributed by atoms with Crippen LogP contribution in [0.3, 0.4) is 0 Å². The molecule has 0 saturated heterocycles. The van der Waals surface area contributed by atoms with Crippen LogP contribution in [0.2, 0.25) is 0 Å². The van der Waals surface area contributed by atoms with Crippen LogP contribution in [0.5, 0.6) is 0 Å². The molecule has 1 N–H and O–H groups in total. The average Bonchev–Trinajstić information content (AvgIpc) is 2.81. The molecule has 13 heavy (non-hydrogen) atoms. The van der Waals surface area contributed by atoms with Gasteiger partial charge in [0.05, 0.1) is 0 Å². The quantitative estimate of drug-likeness (QED) is 0.756. The summed E-state index contributed by atoms with van der Waals surface area (Å²) in [6, 6.07) is 4.27. The van der Waals surface area contributed by atoms with Crippen molar-refractivity contribution in [2.75, 3.05) is 13.6 Å². The number of rotatable bonds is 3. The van der Waals surface area contributed by atoms with Gasteiger partial charge in [0.2, 0.25) is 0 Å². The molecule has 2 unspecified atom stereocenters. The van der Waals surface area contributed by atoms with Crippen molar-refractivity contribution in [2.24, 2.45) is 5.92 Å². The zero-order valence-electron chi connectivity index (χ0n) is 8.25. The molecule has 2 rings (SSSR count). The smallest absolute Gasteiger partial charge is 0.0270 e. The van der Waals surface area contributed by atoms with E-state index in [0.717, 1.165) is 12.5 Å². The van der Waals surface area contributed by atoms with E-state index in [9.17, 15) is 0 Å². The lowest BCUT2D eigenvalue weighted by atomic mass is 9.97. The number of pyridine rings is 1. The number of nitrogens with one attached hydrogen (secondary N) is 1. The summed E-state index contributed by atoms with van der Waals surface area (Å²) >= 11 is 0. The predicted octanol–water partition coefficient (Wildman–Crippen LogP) is 1.58. The summed E-state index contributed by atoms with van der Waals surface area (Å²) in [4.78, 5) is 4.04. The van der Waals surface area contributed by atoms with Crippen molar-refractivity contribution >= 4 is 0 Å². The van der Waals surface area contributed by atoms with E-state index in [1.807, 2.05) is 19.4 Å². The molecule has 0 radical (unpaired) electrons. The Morgan fingerprint density at radius 3 is 2.85 bits per heavy atom. The van der Waals surface area contributed by atoms with Crippen LogP contribution in [-0.2, 0) is 5.41 Å². The van der Waals surface area contributed by atoms with Crippen molar-refractivity contribution in [2.45, 2.75) is 18.8 Å². The normalized spacial score (nSPS) is 31.7. The molecule has 1 aromatic heterocycles. The lowest BCUT2D eigenvalue weighted by Crippen LogP contribution is -2.15. The predicted molar refractivity (Wildman–Crippen MR) is 53.6 cm³/mol. The number of hydrogen-bond donors (Lipinski definition) is 1. The van der Waals surface area contributed by atoms with E-state index in [1.54, 1.807) is 0 Å². The third-order valence-corrected chi connectivity index (χ3v) is 3.20. The van der Waals surface area contributed by atoms with Crippen molar-refractivity contribution < 1.29 is 0 Å². The Labute approximate surface area is 79.4 Å². The van der Waals surface area contributed by atoms with Gasteiger partial charge in [-0.05, 0) is 49.0 Å². The second kappa shape index (κ2) is 3.11. The minimum atomic E-state index is 0.409. The summed E-state index contributed by atoms with van der Waals surface area (Å²) in [5.74, 6) is 0.805. The Balaban J connectivity index is 2.11. The fraction of sp³-hybridized carbons (Fsp3) is 0.545. The van der Waals surface area contributed by atoms with Gasteiger partial charge in [-0.3, -0.25) is 4.98 Å². The van der Waals surface area contributed by atoms with Crippen molar-refractivity contribution in [1.82, 2.24) is 10.3 Å². The first-order chi connectivity index (χ1) is 6.27. The molecule has 1 saturated carbocycles. The minimum absolute atomic E-state index is 0.409. The van der Waals surface area contributed by atoms with Crippen LogP contribution >= 0.6 is 0 Å². The summed E-state index contributed by atoms with van der Waals surface area (Å²) in [5.41, 5.74) is 1.84. The fourth-order valence-electron chi connectivity index (χ4n) is 2.08. The first-order valence-electron chi connectivity index (χ1n) is 4.82.